The number of rotatable bonds is 5. The van der Waals surface area contributed by atoms with Gasteiger partial charge in [0.15, 0.2) is 0 Å². The predicted molar refractivity (Wildman–Crippen MR) is 231 cm³/mol. The quantitative estimate of drug-likeness (QED) is 0.178. The Bertz CT molecular complexity index is 3060. The molecule has 0 atom stereocenters. The third-order valence-electron chi connectivity index (χ3n) is 11.0. The largest absolute Gasteiger partial charge is 0.308 e. The van der Waals surface area contributed by atoms with Gasteiger partial charge in [0, 0.05) is 32.8 Å². The van der Waals surface area contributed by atoms with Crippen LogP contribution in [-0.4, -0.2) is 19.1 Å². The molecule has 3 aromatic heterocycles. The lowest BCUT2D eigenvalue weighted by Crippen LogP contribution is -2.06. The average Bonchev–Trinajstić information content (AvgIpc) is 3.72. The number of hydrogen-bond acceptors (Lipinski definition) is 3. The molecule has 0 amide bonds. The Balaban J connectivity index is 1.35. The number of benzene rings is 7. The molecule has 0 aliphatic rings. The molecule has 0 bridgehead atoms. The number of aromatic nitrogens is 4. The van der Waals surface area contributed by atoms with Crippen molar-refractivity contribution in [2.24, 2.45) is 0 Å². The van der Waals surface area contributed by atoms with Crippen LogP contribution in [0, 0.1) is 39.0 Å². The van der Waals surface area contributed by atoms with Crippen LogP contribution in [0.1, 0.15) is 28.2 Å². The number of para-hydroxylation sites is 2. The van der Waals surface area contributed by atoms with E-state index in [0.717, 1.165) is 94.2 Å². The van der Waals surface area contributed by atoms with E-state index in [2.05, 4.69) is 180 Å². The summed E-state index contributed by atoms with van der Waals surface area (Å²) in [5.74, 6) is 0.701. The lowest BCUT2D eigenvalue weighted by molar-refractivity contribution is 1.01. The van der Waals surface area contributed by atoms with E-state index in [4.69, 9.17) is 4.98 Å². The van der Waals surface area contributed by atoms with Crippen molar-refractivity contribution < 1.29 is 0 Å². The van der Waals surface area contributed by atoms with Gasteiger partial charge in [-0.1, -0.05) is 120 Å². The summed E-state index contributed by atoms with van der Waals surface area (Å²) in [6.07, 6.45) is 0. The standard InChI is InChI=1S/C51H37N5/c1-31-11-9-13-35(23-31)37-19-21-42-40-15-5-7-17-46(40)55(48(42)26-37)50-28-39(45-25-33(3)53-34(4)54-45)29-51(44(50)30-52)56-47-18-8-6-16-41(47)43-22-20-38(27-49(43)56)36-14-10-12-32(2)24-36/h5-29H,1-4H3. The van der Waals surface area contributed by atoms with Gasteiger partial charge in [0.05, 0.1) is 39.1 Å². The van der Waals surface area contributed by atoms with Crippen molar-refractivity contribution in [2.75, 3.05) is 0 Å². The smallest absolute Gasteiger partial charge is 0.126 e. The monoisotopic (exact) mass is 719 g/mol. The van der Waals surface area contributed by atoms with Crippen molar-refractivity contribution in [3.63, 3.8) is 0 Å². The molecule has 0 radical (unpaired) electrons. The second kappa shape index (κ2) is 12.9. The summed E-state index contributed by atoms with van der Waals surface area (Å²) in [5.41, 5.74) is 15.8. The number of fused-ring (bicyclic) bond motifs is 6. The molecule has 0 unspecified atom stereocenters. The van der Waals surface area contributed by atoms with Crippen LogP contribution in [-0.2, 0) is 0 Å². The van der Waals surface area contributed by atoms with Crippen LogP contribution in [0.2, 0.25) is 0 Å². The fraction of sp³-hybridized carbons (Fsp3) is 0.0784. The van der Waals surface area contributed by atoms with E-state index < -0.39 is 0 Å². The van der Waals surface area contributed by atoms with Crippen molar-refractivity contribution in [3.05, 3.63) is 180 Å². The highest BCUT2D eigenvalue weighted by Gasteiger charge is 2.23. The highest BCUT2D eigenvalue weighted by molar-refractivity contribution is 6.12. The first-order valence-corrected chi connectivity index (χ1v) is 19.0. The van der Waals surface area contributed by atoms with Gasteiger partial charge in [-0.2, -0.15) is 5.26 Å². The highest BCUT2D eigenvalue weighted by Crippen LogP contribution is 2.41. The van der Waals surface area contributed by atoms with Gasteiger partial charge in [-0.05, 0) is 92.4 Å². The van der Waals surface area contributed by atoms with Crippen LogP contribution in [0.3, 0.4) is 0 Å². The second-order valence-electron chi connectivity index (χ2n) is 14.9. The maximum Gasteiger partial charge on any atom is 0.126 e. The van der Waals surface area contributed by atoms with Crippen LogP contribution < -0.4 is 0 Å². The van der Waals surface area contributed by atoms with Crippen LogP contribution in [0.5, 0.6) is 0 Å². The van der Waals surface area contributed by atoms with Crippen LogP contribution in [0.25, 0.3) is 88.5 Å². The lowest BCUT2D eigenvalue weighted by Gasteiger charge is -2.19. The van der Waals surface area contributed by atoms with Crippen LogP contribution in [0.15, 0.2) is 152 Å². The van der Waals surface area contributed by atoms with Gasteiger partial charge in [-0.25, -0.2) is 9.97 Å². The highest BCUT2D eigenvalue weighted by atomic mass is 15.0. The molecule has 0 fully saturated rings. The van der Waals surface area contributed by atoms with E-state index >= 15 is 0 Å². The van der Waals surface area contributed by atoms with Crippen molar-refractivity contribution in [1.29, 1.82) is 5.26 Å². The molecule has 10 rings (SSSR count). The molecule has 0 saturated carbocycles. The molecule has 0 N–H and O–H groups in total. The molecule has 7 aromatic carbocycles. The molecular formula is C51H37N5. The topological polar surface area (TPSA) is 59.4 Å². The zero-order valence-electron chi connectivity index (χ0n) is 31.7. The van der Waals surface area contributed by atoms with Crippen molar-refractivity contribution in [2.45, 2.75) is 27.7 Å². The molecule has 0 saturated heterocycles. The number of aryl methyl sites for hydroxylation is 4. The maximum absolute atomic E-state index is 11.5. The molecule has 56 heavy (non-hydrogen) atoms. The molecule has 5 heteroatoms. The van der Waals surface area contributed by atoms with Gasteiger partial charge < -0.3 is 9.13 Å². The van der Waals surface area contributed by atoms with Gasteiger partial charge in [-0.3, -0.25) is 0 Å². The van der Waals surface area contributed by atoms with Crippen LogP contribution in [0.4, 0.5) is 0 Å². The summed E-state index contributed by atoms with van der Waals surface area (Å²) in [5, 5.41) is 16.0. The molecule has 10 aromatic rings. The van der Waals surface area contributed by atoms with E-state index in [1.165, 1.54) is 11.1 Å². The fourth-order valence-corrected chi connectivity index (χ4v) is 8.56. The third-order valence-corrected chi connectivity index (χ3v) is 11.0. The summed E-state index contributed by atoms with van der Waals surface area (Å²) >= 11 is 0. The van der Waals surface area contributed by atoms with Crippen molar-refractivity contribution >= 4 is 43.6 Å². The predicted octanol–water partition coefficient (Wildman–Crippen LogP) is 12.8. The summed E-state index contributed by atoms with van der Waals surface area (Å²) in [6, 6.07) is 56.7. The van der Waals surface area contributed by atoms with Crippen LogP contribution >= 0.6 is 0 Å². The molecule has 5 nitrogen and oxygen atoms in total. The minimum Gasteiger partial charge on any atom is -0.308 e. The first-order valence-electron chi connectivity index (χ1n) is 19.0. The number of hydrogen-bond donors (Lipinski definition) is 0. The molecule has 3 heterocycles. The Morgan fingerprint density at radius 1 is 0.429 bits per heavy atom. The first kappa shape index (κ1) is 33.3. The Morgan fingerprint density at radius 3 is 1.39 bits per heavy atom. The SMILES string of the molecule is Cc1cccc(-c2ccc3c4ccccc4n(-c4cc(-c5cc(C)nc(C)n5)cc(-n5c6ccccc6c6ccc(-c7cccc(C)c7)cc65)c4C#N)c3c2)c1. The fourth-order valence-electron chi connectivity index (χ4n) is 8.56. The Kier molecular flexibility index (Phi) is 7.69. The minimum absolute atomic E-state index is 0.573. The van der Waals surface area contributed by atoms with Crippen molar-refractivity contribution in [3.8, 4) is 51.0 Å². The van der Waals surface area contributed by atoms with Crippen molar-refractivity contribution in [1.82, 2.24) is 19.1 Å². The van der Waals surface area contributed by atoms with Gasteiger partial charge in [0.1, 0.15) is 17.5 Å². The van der Waals surface area contributed by atoms with E-state index in [0.29, 0.717) is 11.4 Å². The van der Waals surface area contributed by atoms with E-state index in [1.54, 1.807) is 0 Å². The van der Waals surface area contributed by atoms with Gasteiger partial charge >= 0.3 is 0 Å². The van der Waals surface area contributed by atoms with E-state index in [1.807, 2.05) is 19.9 Å². The Labute approximate surface area is 325 Å². The summed E-state index contributed by atoms with van der Waals surface area (Å²) < 4.78 is 4.56. The molecule has 266 valence electrons. The summed E-state index contributed by atoms with van der Waals surface area (Å²) in [6.45, 7) is 8.19. The number of nitriles is 1. The summed E-state index contributed by atoms with van der Waals surface area (Å²) in [7, 11) is 0. The molecule has 0 aliphatic carbocycles. The van der Waals surface area contributed by atoms with Gasteiger partial charge in [0.2, 0.25) is 0 Å². The zero-order valence-corrected chi connectivity index (χ0v) is 31.7. The van der Waals surface area contributed by atoms with Gasteiger partial charge in [-0.15, -0.1) is 0 Å². The molecule has 0 spiro atoms. The Hall–Kier alpha value is -7.29. The lowest BCUT2D eigenvalue weighted by atomic mass is 10.0. The van der Waals surface area contributed by atoms with E-state index in [9.17, 15) is 5.26 Å². The molecular weight excluding hydrogens is 683 g/mol. The minimum atomic E-state index is 0.573. The normalized spacial score (nSPS) is 11.6. The zero-order chi connectivity index (χ0) is 38.1. The first-order chi connectivity index (χ1) is 27.3. The maximum atomic E-state index is 11.5. The molecule has 0 aliphatic heterocycles. The number of nitrogens with zero attached hydrogens (tertiary/aromatic N) is 5. The average molecular weight is 720 g/mol. The van der Waals surface area contributed by atoms with Gasteiger partial charge in [0.25, 0.3) is 0 Å². The third kappa shape index (κ3) is 5.38. The Morgan fingerprint density at radius 2 is 0.911 bits per heavy atom. The summed E-state index contributed by atoms with van der Waals surface area (Å²) in [4.78, 5) is 9.58. The van der Waals surface area contributed by atoms with E-state index in [-0.39, 0.29) is 0 Å². The second-order valence-corrected chi connectivity index (χ2v) is 14.9.